The van der Waals surface area contributed by atoms with Crippen molar-refractivity contribution < 1.29 is 19.1 Å². The topological polar surface area (TPSA) is 79.9 Å². The molecule has 0 bridgehead atoms. The van der Waals surface area contributed by atoms with Crippen LogP contribution >= 0.6 is 0 Å². The van der Waals surface area contributed by atoms with Crippen LogP contribution < -0.4 is 10.6 Å². The van der Waals surface area contributed by atoms with Gasteiger partial charge in [0.15, 0.2) is 0 Å². The molecule has 0 aliphatic carbocycles. The van der Waals surface area contributed by atoms with Crippen molar-refractivity contribution in [3.8, 4) is 0 Å². The van der Waals surface area contributed by atoms with Gasteiger partial charge in [-0.15, -0.1) is 0 Å². The molecule has 1 atom stereocenters. The maximum Gasteiger partial charge on any atom is 0.411 e. The Bertz CT molecular complexity index is 831. The molecule has 0 saturated carbocycles. The first kappa shape index (κ1) is 21.8. The van der Waals surface area contributed by atoms with Gasteiger partial charge >= 0.3 is 6.09 Å². The highest BCUT2D eigenvalue weighted by Gasteiger charge is 2.21. The monoisotopic (exact) mass is 411 g/mol. The van der Waals surface area contributed by atoms with Gasteiger partial charge in [0.2, 0.25) is 0 Å². The molecule has 2 aromatic carbocycles. The van der Waals surface area contributed by atoms with E-state index in [4.69, 9.17) is 9.47 Å². The Morgan fingerprint density at radius 1 is 1.07 bits per heavy atom. The maximum absolute atomic E-state index is 12.9. The SMILES string of the molecule is CCOC(=O)Nc1ccc(C(=O)N[C@@H](CN2CCOCC2)c2ccc(C)cc2)cc1. The number of carbonyl (C=O) groups is 2. The third kappa shape index (κ3) is 6.30. The summed E-state index contributed by atoms with van der Waals surface area (Å²) >= 11 is 0. The summed E-state index contributed by atoms with van der Waals surface area (Å²) in [6.07, 6.45) is -0.514. The van der Waals surface area contributed by atoms with E-state index in [1.165, 1.54) is 5.56 Å². The molecule has 0 radical (unpaired) electrons. The minimum absolute atomic E-state index is 0.131. The smallest absolute Gasteiger partial charge is 0.411 e. The van der Waals surface area contributed by atoms with Gasteiger partial charge in [-0.25, -0.2) is 4.79 Å². The summed E-state index contributed by atoms with van der Waals surface area (Å²) in [6, 6.07) is 14.9. The van der Waals surface area contributed by atoms with Gasteiger partial charge < -0.3 is 14.8 Å². The summed E-state index contributed by atoms with van der Waals surface area (Å²) < 4.78 is 10.3. The van der Waals surface area contributed by atoms with Crippen LogP contribution in [-0.2, 0) is 9.47 Å². The number of hydrogen-bond donors (Lipinski definition) is 2. The van der Waals surface area contributed by atoms with Crippen LogP contribution in [0.2, 0.25) is 0 Å². The molecule has 7 heteroatoms. The number of morpholine rings is 1. The first-order chi connectivity index (χ1) is 14.5. The molecule has 160 valence electrons. The van der Waals surface area contributed by atoms with E-state index in [1.807, 2.05) is 6.92 Å². The van der Waals surface area contributed by atoms with Crippen molar-refractivity contribution in [2.45, 2.75) is 19.9 Å². The molecule has 2 aromatic rings. The highest BCUT2D eigenvalue weighted by atomic mass is 16.5. The summed E-state index contributed by atoms with van der Waals surface area (Å²) in [7, 11) is 0. The second-order valence-electron chi connectivity index (χ2n) is 7.27. The molecule has 1 saturated heterocycles. The third-order valence-corrected chi connectivity index (χ3v) is 5.00. The lowest BCUT2D eigenvalue weighted by molar-refractivity contribution is 0.0332. The van der Waals surface area contributed by atoms with Gasteiger partial charge in [0, 0.05) is 30.9 Å². The standard InChI is InChI=1S/C23H29N3O4/c1-3-30-23(28)24-20-10-8-19(9-11-20)22(27)25-21(16-26-12-14-29-15-13-26)18-6-4-17(2)5-7-18/h4-11,21H,3,12-16H2,1-2H3,(H,24,28)(H,25,27)/t21-/m0/s1. The minimum Gasteiger partial charge on any atom is -0.450 e. The molecule has 2 N–H and O–H groups in total. The Balaban J connectivity index is 1.68. The minimum atomic E-state index is -0.514. The number of carbonyl (C=O) groups excluding carboxylic acids is 2. The van der Waals surface area contributed by atoms with E-state index in [2.05, 4.69) is 39.8 Å². The lowest BCUT2D eigenvalue weighted by atomic mass is 10.0. The highest BCUT2D eigenvalue weighted by molar-refractivity contribution is 5.95. The van der Waals surface area contributed by atoms with Gasteiger partial charge in [0.25, 0.3) is 5.91 Å². The Kier molecular flexibility index (Phi) is 7.82. The predicted molar refractivity (Wildman–Crippen MR) is 116 cm³/mol. The van der Waals surface area contributed by atoms with Crippen molar-refractivity contribution in [3.63, 3.8) is 0 Å². The second kappa shape index (κ2) is 10.8. The van der Waals surface area contributed by atoms with E-state index in [9.17, 15) is 9.59 Å². The molecular formula is C23H29N3O4. The largest absolute Gasteiger partial charge is 0.450 e. The Hall–Kier alpha value is -2.90. The van der Waals surface area contributed by atoms with E-state index < -0.39 is 6.09 Å². The van der Waals surface area contributed by atoms with Crippen LogP contribution in [0.1, 0.15) is 34.5 Å². The van der Waals surface area contributed by atoms with E-state index in [0.717, 1.165) is 25.2 Å². The van der Waals surface area contributed by atoms with E-state index >= 15 is 0 Å². The number of rotatable bonds is 7. The molecular weight excluding hydrogens is 382 g/mol. The van der Waals surface area contributed by atoms with Crippen molar-refractivity contribution in [2.75, 3.05) is 44.8 Å². The van der Waals surface area contributed by atoms with E-state index in [0.29, 0.717) is 31.1 Å². The van der Waals surface area contributed by atoms with Crippen molar-refractivity contribution in [1.82, 2.24) is 10.2 Å². The first-order valence-electron chi connectivity index (χ1n) is 10.3. The molecule has 0 spiro atoms. The van der Waals surface area contributed by atoms with Gasteiger partial charge in [0.05, 0.1) is 25.9 Å². The molecule has 1 fully saturated rings. The molecule has 1 heterocycles. The van der Waals surface area contributed by atoms with Crippen LogP contribution in [0, 0.1) is 6.92 Å². The zero-order valence-electron chi connectivity index (χ0n) is 17.5. The fourth-order valence-electron chi connectivity index (χ4n) is 3.31. The number of ether oxygens (including phenoxy) is 2. The molecule has 3 rings (SSSR count). The normalized spacial score (nSPS) is 15.3. The number of amides is 2. The van der Waals surface area contributed by atoms with Crippen molar-refractivity contribution in [1.29, 1.82) is 0 Å². The van der Waals surface area contributed by atoms with Gasteiger partial charge in [-0.1, -0.05) is 29.8 Å². The van der Waals surface area contributed by atoms with Crippen molar-refractivity contribution in [2.24, 2.45) is 0 Å². The molecule has 0 unspecified atom stereocenters. The Labute approximate surface area is 177 Å². The quantitative estimate of drug-likeness (QED) is 0.730. The average Bonchev–Trinajstić information content (AvgIpc) is 2.75. The van der Waals surface area contributed by atoms with Crippen molar-refractivity contribution >= 4 is 17.7 Å². The first-order valence-corrected chi connectivity index (χ1v) is 10.3. The molecule has 1 aliphatic heterocycles. The maximum atomic E-state index is 12.9. The summed E-state index contributed by atoms with van der Waals surface area (Å²) in [6.45, 7) is 7.95. The highest BCUT2D eigenvalue weighted by Crippen LogP contribution is 2.18. The molecule has 2 amide bonds. The Morgan fingerprint density at radius 3 is 2.37 bits per heavy atom. The molecule has 7 nitrogen and oxygen atoms in total. The van der Waals surface area contributed by atoms with Crippen LogP contribution in [0.15, 0.2) is 48.5 Å². The Morgan fingerprint density at radius 2 is 1.73 bits per heavy atom. The third-order valence-electron chi connectivity index (χ3n) is 5.00. The van der Waals surface area contributed by atoms with E-state index in [-0.39, 0.29) is 11.9 Å². The van der Waals surface area contributed by atoms with Crippen molar-refractivity contribution in [3.05, 3.63) is 65.2 Å². The van der Waals surface area contributed by atoms with Crippen LogP contribution in [-0.4, -0.2) is 56.4 Å². The van der Waals surface area contributed by atoms with Gasteiger partial charge in [-0.05, 0) is 43.7 Å². The van der Waals surface area contributed by atoms with Gasteiger partial charge in [-0.2, -0.15) is 0 Å². The van der Waals surface area contributed by atoms with Crippen LogP contribution in [0.5, 0.6) is 0 Å². The molecule has 0 aromatic heterocycles. The fourth-order valence-corrected chi connectivity index (χ4v) is 3.31. The predicted octanol–water partition coefficient (Wildman–Crippen LogP) is 3.37. The van der Waals surface area contributed by atoms with Crippen LogP contribution in [0.4, 0.5) is 10.5 Å². The van der Waals surface area contributed by atoms with E-state index in [1.54, 1.807) is 31.2 Å². The van der Waals surface area contributed by atoms with Crippen LogP contribution in [0.3, 0.4) is 0 Å². The number of nitrogens with zero attached hydrogens (tertiary/aromatic N) is 1. The summed E-state index contributed by atoms with van der Waals surface area (Å²) in [4.78, 5) is 26.7. The summed E-state index contributed by atoms with van der Waals surface area (Å²) in [5.41, 5.74) is 3.36. The number of nitrogens with one attached hydrogen (secondary N) is 2. The molecule has 1 aliphatic rings. The summed E-state index contributed by atoms with van der Waals surface area (Å²) in [5, 5.41) is 5.79. The molecule has 30 heavy (non-hydrogen) atoms. The number of anilines is 1. The second-order valence-corrected chi connectivity index (χ2v) is 7.27. The fraction of sp³-hybridized carbons (Fsp3) is 0.391. The number of aryl methyl sites for hydroxylation is 1. The lowest BCUT2D eigenvalue weighted by Gasteiger charge is -2.31. The average molecular weight is 412 g/mol. The van der Waals surface area contributed by atoms with Gasteiger partial charge in [0.1, 0.15) is 0 Å². The lowest BCUT2D eigenvalue weighted by Crippen LogP contribution is -2.43. The number of hydrogen-bond acceptors (Lipinski definition) is 5. The number of benzene rings is 2. The zero-order valence-corrected chi connectivity index (χ0v) is 17.5. The summed E-state index contributed by atoms with van der Waals surface area (Å²) in [5.74, 6) is -0.156. The van der Waals surface area contributed by atoms with Crippen LogP contribution in [0.25, 0.3) is 0 Å². The van der Waals surface area contributed by atoms with Gasteiger partial charge in [-0.3, -0.25) is 15.0 Å². The zero-order chi connectivity index (χ0) is 21.3.